The molecular weight excluding hydrogens is 911 g/mol. The predicted molar refractivity (Wildman–Crippen MR) is 324 cm³/mol. The predicted octanol–water partition coefficient (Wildman–Crippen LogP) is 21.6. The van der Waals surface area contributed by atoms with Crippen LogP contribution < -0.4 is 5.32 Å². The van der Waals surface area contributed by atoms with Gasteiger partial charge in [-0.2, -0.15) is 0 Å². The van der Waals surface area contributed by atoms with Crippen LogP contribution in [0.4, 0.5) is 0 Å². The molecule has 2 unspecified atom stereocenters. The van der Waals surface area contributed by atoms with Crippen LogP contribution >= 0.6 is 0 Å². The third-order valence-electron chi connectivity index (χ3n) is 16.1. The zero-order valence-electron chi connectivity index (χ0n) is 50.4. The molecule has 440 valence electrons. The van der Waals surface area contributed by atoms with Crippen molar-refractivity contribution in [2.75, 3.05) is 13.2 Å². The van der Waals surface area contributed by atoms with Crippen LogP contribution in [0, 0.1) is 0 Å². The Morgan fingerprint density at radius 3 is 0.973 bits per heavy atom. The van der Waals surface area contributed by atoms with Gasteiger partial charge in [-0.05, 0) is 51.4 Å². The number of rotatable bonds is 64. The number of aliphatic hydroxyl groups excluding tert-OH is 2. The summed E-state index contributed by atoms with van der Waals surface area (Å²) in [6.07, 6.45) is 78.2. The Hall–Kier alpha value is -1.40. The normalized spacial score (nSPS) is 12.5. The second-order valence-corrected chi connectivity index (χ2v) is 23.5. The van der Waals surface area contributed by atoms with Crippen LogP contribution in [0.2, 0.25) is 0 Å². The summed E-state index contributed by atoms with van der Waals surface area (Å²) < 4.78 is 5.48. The van der Waals surface area contributed by atoms with E-state index in [0.717, 1.165) is 44.9 Å². The van der Waals surface area contributed by atoms with Crippen molar-refractivity contribution in [3.05, 3.63) is 12.2 Å². The van der Waals surface area contributed by atoms with Crippen LogP contribution in [-0.4, -0.2) is 47.4 Å². The van der Waals surface area contributed by atoms with Gasteiger partial charge in [-0.15, -0.1) is 0 Å². The molecule has 3 N–H and O–H groups in total. The van der Waals surface area contributed by atoms with Gasteiger partial charge in [0.2, 0.25) is 5.91 Å². The average molecular weight is 1040 g/mol. The van der Waals surface area contributed by atoms with E-state index in [1.54, 1.807) is 0 Å². The molecule has 0 aliphatic heterocycles. The first-order valence-electron chi connectivity index (χ1n) is 33.9. The Morgan fingerprint density at radius 2 is 0.635 bits per heavy atom. The van der Waals surface area contributed by atoms with Gasteiger partial charge in [-0.1, -0.05) is 334 Å². The van der Waals surface area contributed by atoms with Crippen molar-refractivity contribution in [3.63, 3.8) is 0 Å². The highest BCUT2D eigenvalue weighted by Crippen LogP contribution is 2.19. The minimum absolute atomic E-state index is 0.00961. The highest BCUT2D eigenvalue weighted by molar-refractivity contribution is 5.76. The van der Waals surface area contributed by atoms with E-state index in [-0.39, 0.29) is 18.5 Å². The van der Waals surface area contributed by atoms with Crippen molar-refractivity contribution in [1.82, 2.24) is 5.32 Å². The van der Waals surface area contributed by atoms with Crippen molar-refractivity contribution in [1.29, 1.82) is 0 Å². The summed E-state index contributed by atoms with van der Waals surface area (Å²) in [7, 11) is 0. The van der Waals surface area contributed by atoms with Crippen LogP contribution in [0.25, 0.3) is 0 Å². The van der Waals surface area contributed by atoms with Gasteiger partial charge in [0.25, 0.3) is 0 Å². The standard InChI is InChI=1S/C68H133NO5/c1-3-5-7-9-11-13-15-17-18-30-33-37-40-44-48-52-56-60-66(71)65(64-70)69-67(72)61-57-53-49-45-41-38-34-31-28-26-24-22-20-19-21-23-25-27-29-32-35-39-43-47-51-55-59-63-74-68(73)62-58-54-50-46-42-36-16-14-12-10-8-6-4-2/h14,16,65-66,70-71H,3-13,15,17-64H2,1-2H3,(H,69,72)/b16-14-. The average Bonchev–Trinajstić information content (AvgIpc) is 3.40. The molecule has 0 radical (unpaired) electrons. The summed E-state index contributed by atoms with van der Waals surface area (Å²) in [6.45, 7) is 4.97. The molecule has 0 fully saturated rings. The van der Waals surface area contributed by atoms with Crippen molar-refractivity contribution < 1.29 is 24.5 Å². The van der Waals surface area contributed by atoms with Gasteiger partial charge >= 0.3 is 5.97 Å². The summed E-state index contributed by atoms with van der Waals surface area (Å²) in [5, 5.41) is 23.4. The maximum atomic E-state index is 12.5. The maximum absolute atomic E-state index is 12.5. The Labute approximate surface area is 463 Å². The number of allylic oxidation sites excluding steroid dienone is 2. The molecule has 2 atom stereocenters. The highest BCUT2D eigenvalue weighted by Gasteiger charge is 2.20. The van der Waals surface area contributed by atoms with Crippen LogP contribution in [0.1, 0.15) is 386 Å². The Bertz CT molecular complexity index is 1110. The van der Waals surface area contributed by atoms with Gasteiger partial charge in [-0.25, -0.2) is 0 Å². The lowest BCUT2D eigenvalue weighted by molar-refractivity contribution is -0.143. The molecule has 0 aromatic carbocycles. The van der Waals surface area contributed by atoms with E-state index >= 15 is 0 Å². The van der Waals surface area contributed by atoms with E-state index in [4.69, 9.17) is 4.74 Å². The molecule has 0 aromatic heterocycles. The number of esters is 1. The van der Waals surface area contributed by atoms with Gasteiger partial charge in [0, 0.05) is 12.8 Å². The van der Waals surface area contributed by atoms with Crippen LogP contribution in [-0.2, 0) is 14.3 Å². The fraction of sp³-hybridized carbons (Fsp3) is 0.941. The van der Waals surface area contributed by atoms with Crippen LogP contribution in [0.5, 0.6) is 0 Å². The van der Waals surface area contributed by atoms with E-state index in [9.17, 15) is 19.8 Å². The van der Waals surface area contributed by atoms with Gasteiger partial charge < -0.3 is 20.3 Å². The van der Waals surface area contributed by atoms with Gasteiger partial charge in [0.1, 0.15) is 0 Å². The lowest BCUT2D eigenvalue weighted by Gasteiger charge is -2.22. The monoisotopic (exact) mass is 1040 g/mol. The van der Waals surface area contributed by atoms with Gasteiger partial charge in [0.05, 0.1) is 25.4 Å². The van der Waals surface area contributed by atoms with E-state index < -0.39 is 12.1 Å². The third-order valence-corrected chi connectivity index (χ3v) is 16.1. The van der Waals surface area contributed by atoms with E-state index in [2.05, 4.69) is 31.3 Å². The number of carbonyl (C=O) groups is 2. The molecule has 0 aromatic rings. The molecule has 0 heterocycles. The maximum Gasteiger partial charge on any atom is 0.305 e. The van der Waals surface area contributed by atoms with E-state index in [1.807, 2.05) is 0 Å². The number of hydrogen-bond acceptors (Lipinski definition) is 5. The summed E-state index contributed by atoms with van der Waals surface area (Å²) in [4.78, 5) is 24.6. The number of unbranched alkanes of at least 4 members (excludes halogenated alkanes) is 51. The second-order valence-electron chi connectivity index (χ2n) is 23.5. The second kappa shape index (κ2) is 64.1. The van der Waals surface area contributed by atoms with Crippen molar-refractivity contribution >= 4 is 11.9 Å². The minimum atomic E-state index is -0.662. The van der Waals surface area contributed by atoms with Crippen LogP contribution in [0.15, 0.2) is 12.2 Å². The van der Waals surface area contributed by atoms with E-state index in [1.165, 1.54) is 308 Å². The molecule has 0 aliphatic rings. The Balaban J connectivity index is 3.34. The minimum Gasteiger partial charge on any atom is -0.466 e. The van der Waals surface area contributed by atoms with Crippen LogP contribution in [0.3, 0.4) is 0 Å². The first-order chi connectivity index (χ1) is 36.5. The third kappa shape index (κ3) is 59.8. The Kier molecular flexibility index (Phi) is 62.9. The molecule has 0 saturated carbocycles. The molecule has 6 heteroatoms. The topological polar surface area (TPSA) is 95.9 Å². The summed E-state index contributed by atoms with van der Waals surface area (Å²) in [5.74, 6) is -0.0189. The molecule has 0 saturated heterocycles. The highest BCUT2D eigenvalue weighted by atomic mass is 16.5. The number of carbonyl (C=O) groups excluding carboxylic acids is 2. The molecule has 0 aliphatic carbocycles. The number of aliphatic hydroxyl groups is 2. The molecule has 0 rings (SSSR count). The SMILES string of the molecule is CCCCCC/C=C\CCCCCCCC(=O)OCCCCCCCCCCCCCCCCCCCCCCCCCCCCCC(=O)NC(CO)C(O)CCCCCCCCCCCCCCCCCCC. The zero-order chi connectivity index (χ0) is 53.6. The molecular formula is C68H133NO5. The molecule has 0 bridgehead atoms. The van der Waals surface area contributed by atoms with Gasteiger partial charge in [-0.3, -0.25) is 9.59 Å². The summed E-state index contributed by atoms with van der Waals surface area (Å²) >= 11 is 0. The first-order valence-corrected chi connectivity index (χ1v) is 33.9. The van der Waals surface area contributed by atoms with Crippen molar-refractivity contribution in [3.8, 4) is 0 Å². The molecule has 0 spiro atoms. The first kappa shape index (κ1) is 72.6. The quantitative estimate of drug-likeness (QED) is 0.0320. The number of hydrogen-bond donors (Lipinski definition) is 3. The fourth-order valence-electron chi connectivity index (χ4n) is 10.9. The summed E-state index contributed by atoms with van der Waals surface area (Å²) in [5.41, 5.74) is 0. The van der Waals surface area contributed by atoms with Crippen molar-refractivity contribution in [2.45, 2.75) is 398 Å². The largest absolute Gasteiger partial charge is 0.466 e. The molecule has 74 heavy (non-hydrogen) atoms. The fourth-order valence-corrected chi connectivity index (χ4v) is 10.9. The molecule has 1 amide bonds. The molecule has 6 nitrogen and oxygen atoms in total. The van der Waals surface area contributed by atoms with Crippen molar-refractivity contribution in [2.24, 2.45) is 0 Å². The smallest absolute Gasteiger partial charge is 0.305 e. The lowest BCUT2D eigenvalue weighted by Crippen LogP contribution is -2.45. The number of ether oxygens (including phenoxy) is 1. The lowest BCUT2D eigenvalue weighted by atomic mass is 10.0. The number of amides is 1. The van der Waals surface area contributed by atoms with E-state index in [0.29, 0.717) is 25.9 Å². The zero-order valence-corrected chi connectivity index (χ0v) is 50.4. The summed E-state index contributed by atoms with van der Waals surface area (Å²) in [6, 6.07) is -0.539. The number of nitrogens with one attached hydrogen (secondary N) is 1. The Morgan fingerprint density at radius 1 is 0.365 bits per heavy atom. The van der Waals surface area contributed by atoms with Gasteiger partial charge in [0.15, 0.2) is 0 Å².